The molecule has 0 unspecified atom stereocenters. The van der Waals surface area contributed by atoms with Crippen molar-refractivity contribution in [2.75, 3.05) is 39.3 Å². The largest absolute Gasteiger partial charge is 0.356 e. The number of nitrogens with one attached hydrogen (secondary N) is 2. The van der Waals surface area contributed by atoms with Crippen molar-refractivity contribution in [3.05, 3.63) is 48.3 Å². The normalized spacial score (nSPS) is 15.3. The van der Waals surface area contributed by atoms with Crippen molar-refractivity contribution in [3.63, 3.8) is 0 Å². The number of carbonyl (C=O) groups excluding carboxylic acids is 1. The Labute approximate surface area is 142 Å². The van der Waals surface area contributed by atoms with Gasteiger partial charge in [-0.15, -0.1) is 0 Å². The van der Waals surface area contributed by atoms with Crippen LogP contribution in [0.3, 0.4) is 0 Å². The Morgan fingerprint density at radius 3 is 2.71 bits per heavy atom. The van der Waals surface area contributed by atoms with E-state index in [9.17, 15) is 4.79 Å². The molecule has 6 heteroatoms. The third kappa shape index (κ3) is 4.91. The van der Waals surface area contributed by atoms with Gasteiger partial charge in [0.25, 0.3) is 0 Å². The van der Waals surface area contributed by atoms with E-state index >= 15 is 0 Å². The number of hydrogen-bond acceptors (Lipinski definition) is 4. The number of piperazine rings is 1. The molecule has 1 amide bonds. The maximum atomic E-state index is 12.0. The summed E-state index contributed by atoms with van der Waals surface area (Å²) in [5.41, 5.74) is 2.02. The van der Waals surface area contributed by atoms with Crippen LogP contribution in [0.5, 0.6) is 0 Å². The van der Waals surface area contributed by atoms with Crippen LogP contribution in [0.4, 0.5) is 0 Å². The van der Waals surface area contributed by atoms with E-state index in [1.165, 1.54) is 0 Å². The van der Waals surface area contributed by atoms with E-state index in [-0.39, 0.29) is 5.91 Å². The summed E-state index contributed by atoms with van der Waals surface area (Å²) in [6.45, 7) is 6.16. The summed E-state index contributed by atoms with van der Waals surface area (Å²) < 4.78 is 1.81. The molecule has 1 aliphatic rings. The molecule has 2 N–H and O–H groups in total. The second kappa shape index (κ2) is 8.61. The predicted octanol–water partition coefficient (Wildman–Crippen LogP) is 0.826. The van der Waals surface area contributed by atoms with Crippen LogP contribution in [-0.4, -0.2) is 59.9 Å². The number of rotatable bonds is 7. The molecule has 1 aromatic carbocycles. The minimum atomic E-state index is 0.0853. The van der Waals surface area contributed by atoms with Crippen LogP contribution in [0.2, 0.25) is 0 Å². The molecule has 1 fully saturated rings. The van der Waals surface area contributed by atoms with Crippen molar-refractivity contribution in [3.8, 4) is 5.69 Å². The van der Waals surface area contributed by atoms with Crippen LogP contribution >= 0.6 is 0 Å². The lowest BCUT2D eigenvalue weighted by atomic mass is 10.1. The lowest BCUT2D eigenvalue weighted by Crippen LogP contribution is -2.44. The fourth-order valence-corrected chi connectivity index (χ4v) is 2.90. The molecule has 0 spiro atoms. The Hall–Kier alpha value is -2.18. The topological polar surface area (TPSA) is 62.2 Å². The molecule has 24 heavy (non-hydrogen) atoms. The Morgan fingerprint density at radius 2 is 2.00 bits per heavy atom. The molecule has 0 radical (unpaired) electrons. The molecule has 0 saturated carbocycles. The highest BCUT2D eigenvalue weighted by atomic mass is 16.1. The van der Waals surface area contributed by atoms with Crippen LogP contribution < -0.4 is 10.6 Å². The Morgan fingerprint density at radius 1 is 1.21 bits per heavy atom. The average Bonchev–Trinajstić information content (AvgIpc) is 3.15. The van der Waals surface area contributed by atoms with E-state index in [0.29, 0.717) is 6.42 Å². The maximum absolute atomic E-state index is 12.0. The van der Waals surface area contributed by atoms with E-state index in [0.717, 1.165) is 56.9 Å². The van der Waals surface area contributed by atoms with E-state index in [2.05, 4.69) is 20.6 Å². The minimum Gasteiger partial charge on any atom is -0.356 e. The first-order valence-electron chi connectivity index (χ1n) is 8.60. The van der Waals surface area contributed by atoms with Crippen LogP contribution in [0.15, 0.2) is 42.7 Å². The Kier molecular flexibility index (Phi) is 5.98. The smallest absolute Gasteiger partial charge is 0.224 e. The molecule has 0 aliphatic carbocycles. The van der Waals surface area contributed by atoms with E-state index in [1.54, 1.807) is 10.9 Å². The van der Waals surface area contributed by atoms with Gasteiger partial charge in [0, 0.05) is 45.1 Å². The molecule has 0 bridgehead atoms. The van der Waals surface area contributed by atoms with E-state index in [1.807, 2.05) is 36.5 Å². The van der Waals surface area contributed by atoms with Crippen LogP contribution in [-0.2, 0) is 11.2 Å². The van der Waals surface area contributed by atoms with Crippen molar-refractivity contribution in [1.82, 2.24) is 25.3 Å². The fraction of sp³-hybridized carbons (Fsp3) is 0.444. The second-order valence-electron chi connectivity index (χ2n) is 6.09. The molecule has 128 valence electrons. The number of amides is 1. The van der Waals surface area contributed by atoms with Gasteiger partial charge < -0.3 is 15.5 Å². The van der Waals surface area contributed by atoms with Crippen molar-refractivity contribution < 1.29 is 4.79 Å². The number of nitrogens with zero attached hydrogens (tertiary/aromatic N) is 3. The Bertz CT molecular complexity index is 617. The summed E-state index contributed by atoms with van der Waals surface area (Å²) >= 11 is 0. The van der Waals surface area contributed by atoms with E-state index in [4.69, 9.17) is 0 Å². The SMILES string of the molecule is O=C(Cc1ccc(-n2cccn2)cc1)NCCCN1CCNCC1. The standard InChI is InChI=1S/C18H25N5O/c24-18(20-7-1-11-22-13-9-19-10-14-22)15-16-3-5-17(6-4-16)23-12-2-8-21-23/h2-6,8,12,19H,1,7,9-11,13-15H2,(H,20,24). The summed E-state index contributed by atoms with van der Waals surface area (Å²) in [5.74, 6) is 0.0853. The highest BCUT2D eigenvalue weighted by Gasteiger charge is 2.09. The first-order chi connectivity index (χ1) is 11.8. The summed E-state index contributed by atoms with van der Waals surface area (Å²) in [4.78, 5) is 14.5. The number of aromatic nitrogens is 2. The zero-order chi connectivity index (χ0) is 16.6. The second-order valence-corrected chi connectivity index (χ2v) is 6.09. The fourth-order valence-electron chi connectivity index (χ4n) is 2.90. The average molecular weight is 327 g/mol. The van der Waals surface area contributed by atoms with Gasteiger partial charge in [-0.2, -0.15) is 5.10 Å². The number of hydrogen-bond donors (Lipinski definition) is 2. The number of benzene rings is 1. The summed E-state index contributed by atoms with van der Waals surface area (Å²) in [7, 11) is 0. The zero-order valence-electron chi connectivity index (χ0n) is 13.9. The quantitative estimate of drug-likeness (QED) is 0.740. The minimum absolute atomic E-state index is 0.0853. The highest BCUT2D eigenvalue weighted by Crippen LogP contribution is 2.09. The molecule has 3 rings (SSSR count). The third-order valence-corrected chi connectivity index (χ3v) is 4.25. The monoisotopic (exact) mass is 327 g/mol. The lowest BCUT2D eigenvalue weighted by Gasteiger charge is -2.27. The first kappa shape index (κ1) is 16.7. The number of carbonyl (C=O) groups is 1. The van der Waals surface area contributed by atoms with Gasteiger partial charge in [0.1, 0.15) is 0 Å². The van der Waals surface area contributed by atoms with Crippen LogP contribution in [0.25, 0.3) is 5.69 Å². The zero-order valence-corrected chi connectivity index (χ0v) is 13.9. The molecule has 6 nitrogen and oxygen atoms in total. The van der Waals surface area contributed by atoms with Crippen LogP contribution in [0, 0.1) is 0 Å². The van der Waals surface area contributed by atoms with Gasteiger partial charge in [0.2, 0.25) is 5.91 Å². The molecule has 2 aromatic rings. The highest BCUT2D eigenvalue weighted by molar-refractivity contribution is 5.78. The molecule has 1 aromatic heterocycles. The molecule has 0 atom stereocenters. The first-order valence-corrected chi connectivity index (χ1v) is 8.60. The maximum Gasteiger partial charge on any atom is 0.224 e. The van der Waals surface area contributed by atoms with Crippen molar-refractivity contribution in [2.45, 2.75) is 12.8 Å². The van der Waals surface area contributed by atoms with Gasteiger partial charge in [0.05, 0.1) is 12.1 Å². The molecule has 2 heterocycles. The van der Waals surface area contributed by atoms with Gasteiger partial charge >= 0.3 is 0 Å². The van der Waals surface area contributed by atoms with Gasteiger partial charge in [-0.25, -0.2) is 4.68 Å². The molecule has 1 aliphatic heterocycles. The summed E-state index contributed by atoms with van der Waals surface area (Å²) in [6, 6.07) is 9.83. The predicted molar refractivity (Wildman–Crippen MR) is 94.2 cm³/mol. The van der Waals surface area contributed by atoms with Gasteiger partial charge in [0.15, 0.2) is 0 Å². The van der Waals surface area contributed by atoms with Crippen LogP contribution in [0.1, 0.15) is 12.0 Å². The summed E-state index contributed by atoms with van der Waals surface area (Å²) in [5, 5.41) is 10.6. The Balaban J connectivity index is 1.37. The van der Waals surface area contributed by atoms with Gasteiger partial charge in [-0.05, 0) is 36.7 Å². The van der Waals surface area contributed by atoms with E-state index < -0.39 is 0 Å². The van der Waals surface area contributed by atoms with Gasteiger partial charge in [-0.1, -0.05) is 12.1 Å². The molecule has 1 saturated heterocycles. The van der Waals surface area contributed by atoms with Crippen molar-refractivity contribution in [1.29, 1.82) is 0 Å². The van der Waals surface area contributed by atoms with Gasteiger partial charge in [-0.3, -0.25) is 4.79 Å². The van der Waals surface area contributed by atoms with Crippen molar-refractivity contribution >= 4 is 5.91 Å². The third-order valence-electron chi connectivity index (χ3n) is 4.25. The molecular formula is C18H25N5O. The lowest BCUT2D eigenvalue weighted by molar-refractivity contribution is -0.120. The molecular weight excluding hydrogens is 302 g/mol. The van der Waals surface area contributed by atoms with Crippen molar-refractivity contribution in [2.24, 2.45) is 0 Å². The summed E-state index contributed by atoms with van der Waals surface area (Å²) in [6.07, 6.45) is 5.08.